The molecule has 0 aromatic rings. The lowest BCUT2D eigenvalue weighted by Crippen LogP contribution is -2.21. The van der Waals surface area contributed by atoms with Crippen molar-refractivity contribution in [2.75, 3.05) is 0 Å². The normalized spacial score (nSPS) is 19.9. The van der Waals surface area contributed by atoms with Crippen LogP contribution >= 0.6 is 0 Å². The largest absolute Gasteiger partial charge is 0.0985 e. The van der Waals surface area contributed by atoms with Crippen molar-refractivity contribution >= 4 is 0 Å². The van der Waals surface area contributed by atoms with Gasteiger partial charge in [-0.15, -0.1) is 0 Å². The molecule has 1 atom stereocenters. The van der Waals surface area contributed by atoms with E-state index < -0.39 is 0 Å². The zero-order valence-corrected chi connectivity index (χ0v) is 10.6. The summed E-state index contributed by atoms with van der Waals surface area (Å²) in [5.41, 5.74) is 0.498. The minimum absolute atomic E-state index is 0.151. The smallest absolute Gasteiger partial charge is 0.0279 e. The van der Waals surface area contributed by atoms with Crippen molar-refractivity contribution in [1.82, 2.24) is 0 Å². The average Bonchev–Trinajstić information content (AvgIpc) is 2.64. The van der Waals surface area contributed by atoms with Crippen LogP contribution in [-0.2, 0) is 0 Å². The monoisotopic (exact) mass is 192 g/mol. The third-order valence-corrected chi connectivity index (χ3v) is 2.63. The van der Waals surface area contributed by atoms with Crippen molar-refractivity contribution in [2.45, 2.75) is 54.4 Å². The second kappa shape index (κ2) is 3.61. The Morgan fingerprint density at radius 3 is 1.79 bits per heavy atom. The minimum Gasteiger partial charge on any atom is -0.0985 e. The van der Waals surface area contributed by atoms with E-state index in [9.17, 15) is 0 Å². The van der Waals surface area contributed by atoms with E-state index in [0.29, 0.717) is 11.3 Å². The molecule has 1 rings (SSSR count). The van der Waals surface area contributed by atoms with Crippen LogP contribution in [0.15, 0.2) is 0 Å². The Kier molecular flexibility index (Phi) is 3.00. The van der Waals surface area contributed by atoms with Crippen LogP contribution in [0.5, 0.6) is 0 Å². The number of hydrogen-bond donors (Lipinski definition) is 0. The molecule has 80 valence electrons. The highest BCUT2D eigenvalue weighted by Gasteiger charge is 2.37. The van der Waals surface area contributed by atoms with Crippen LogP contribution in [0.2, 0.25) is 0 Å². The van der Waals surface area contributed by atoms with Crippen molar-refractivity contribution in [3.63, 3.8) is 0 Å². The van der Waals surface area contributed by atoms with E-state index in [2.05, 4.69) is 53.4 Å². The minimum atomic E-state index is 0.151. The fraction of sp³-hybridized carbons (Fsp3) is 0.857. The first-order chi connectivity index (χ1) is 6.20. The molecule has 0 unspecified atom stereocenters. The summed E-state index contributed by atoms with van der Waals surface area (Å²) >= 11 is 0. The first kappa shape index (κ1) is 11.6. The van der Waals surface area contributed by atoms with Gasteiger partial charge in [-0.3, -0.25) is 0 Å². The molecule has 1 aliphatic rings. The highest BCUT2D eigenvalue weighted by atomic mass is 14.4. The molecule has 0 heteroatoms. The van der Waals surface area contributed by atoms with Gasteiger partial charge in [0.05, 0.1) is 0 Å². The van der Waals surface area contributed by atoms with Crippen molar-refractivity contribution in [3.05, 3.63) is 0 Å². The predicted molar refractivity (Wildman–Crippen MR) is 62.9 cm³/mol. The van der Waals surface area contributed by atoms with Gasteiger partial charge in [0.15, 0.2) is 0 Å². The summed E-state index contributed by atoms with van der Waals surface area (Å²) < 4.78 is 0. The summed E-state index contributed by atoms with van der Waals surface area (Å²) in [7, 11) is 0. The maximum Gasteiger partial charge on any atom is 0.0279 e. The van der Waals surface area contributed by atoms with Crippen LogP contribution in [0.3, 0.4) is 0 Å². The fourth-order valence-electron chi connectivity index (χ4n) is 1.77. The number of rotatable bonds is 1. The summed E-state index contributed by atoms with van der Waals surface area (Å²) in [6.45, 7) is 13.5. The molecule has 0 bridgehead atoms. The van der Waals surface area contributed by atoms with Gasteiger partial charge in [-0.2, -0.15) is 0 Å². The molecule has 0 nitrogen and oxygen atoms in total. The van der Waals surface area contributed by atoms with Crippen LogP contribution < -0.4 is 0 Å². The molecular formula is C14H24. The molecule has 1 fully saturated rings. The zero-order valence-electron chi connectivity index (χ0n) is 10.6. The molecule has 0 radical (unpaired) electrons. The Balaban J connectivity index is 2.73. The highest BCUT2D eigenvalue weighted by molar-refractivity contribution is 5.15. The lowest BCUT2D eigenvalue weighted by atomic mass is 9.77. The summed E-state index contributed by atoms with van der Waals surface area (Å²) in [6, 6.07) is 0. The number of hydrogen-bond acceptors (Lipinski definition) is 0. The van der Waals surface area contributed by atoms with Gasteiger partial charge < -0.3 is 0 Å². The molecule has 0 amide bonds. The van der Waals surface area contributed by atoms with Crippen molar-refractivity contribution in [2.24, 2.45) is 22.7 Å². The average molecular weight is 192 g/mol. The molecule has 0 aromatic carbocycles. The third-order valence-electron chi connectivity index (χ3n) is 2.63. The molecule has 0 aliphatic heterocycles. The molecule has 0 heterocycles. The van der Waals surface area contributed by atoms with Gasteiger partial charge in [0.1, 0.15) is 0 Å². The quantitative estimate of drug-likeness (QED) is 0.548. The van der Waals surface area contributed by atoms with Gasteiger partial charge in [0.25, 0.3) is 0 Å². The molecule has 1 saturated carbocycles. The van der Waals surface area contributed by atoms with Gasteiger partial charge >= 0.3 is 0 Å². The van der Waals surface area contributed by atoms with Crippen LogP contribution in [-0.4, -0.2) is 0 Å². The Bertz CT molecular complexity index is 244. The van der Waals surface area contributed by atoms with E-state index in [0.717, 1.165) is 5.92 Å². The maximum absolute atomic E-state index is 3.51. The van der Waals surface area contributed by atoms with Gasteiger partial charge in [-0.05, 0) is 44.9 Å². The predicted octanol–water partition coefficient (Wildman–Crippen LogP) is 4.11. The van der Waals surface area contributed by atoms with Crippen LogP contribution in [0.25, 0.3) is 0 Å². The summed E-state index contributed by atoms with van der Waals surface area (Å²) in [4.78, 5) is 0. The standard InChI is InChI=1S/C14H24/c1-13(2,3)10-9-12(11-7-8-11)14(4,5)6/h11-12H,7-8H2,1-6H3/t12-/m0/s1. The first-order valence-electron chi connectivity index (χ1n) is 5.73. The van der Waals surface area contributed by atoms with Crippen LogP contribution in [0.1, 0.15) is 54.4 Å². The topological polar surface area (TPSA) is 0 Å². The Morgan fingerprint density at radius 1 is 1.00 bits per heavy atom. The van der Waals surface area contributed by atoms with E-state index >= 15 is 0 Å². The fourth-order valence-corrected chi connectivity index (χ4v) is 1.77. The second-order valence-electron chi connectivity index (χ2n) is 6.70. The van der Waals surface area contributed by atoms with Gasteiger partial charge in [-0.25, -0.2) is 0 Å². The van der Waals surface area contributed by atoms with E-state index in [1.807, 2.05) is 0 Å². The Hall–Kier alpha value is -0.440. The van der Waals surface area contributed by atoms with Crippen molar-refractivity contribution in [3.8, 4) is 11.8 Å². The van der Waals surface area contributed by atoms with Crippen molar-refractivity contribution < 1.29 is 0 Å². The molecule has 14 heavy (non-hydrogen) atoms. The SMILES string of the molecule is CC(C)(C)C#C[C@@H](C1CC1)C(C)(C)C. The summed E-state index contributed by atoms with van der Waals surface area (Å²) in [5.74, 6) is 8.39. The molecule has 0 saturated heterocycles. The molecular weight excluding hydrogens is 168 g/mol. The second-order valence-corrected chi connectivity index (χ2v) is 6.70. The van der Waals surface area contributed by atoms with E-state index in [4.69, 9.17) is 0 Å². The van der Waals surface area contributed by atoms with E-state index in [-0.39, 0.29) is 5.41 Å². The van der Waals surface area contributed by atoms with Crippen LogP contribution in [0, 0.1) is 34.5 Å². The zero-order chi connectivity index (χ0) is 11.0. The first-order valence-corrected chi connectivity index (χ1v) is 5.73. The lowest BCUT2D eigenvalue weighted by molar-refractivity contribution is 0.273. The van der Waals surface area contributed by atoms with Crippen LogP contribution in [0.4, 0.5) is 0 Å². The molecule has 0 spiro atoms. The highest BCUT2D eigenvalue weighted by Crippen LogP contribution is 2.45. The maximum atomic E-state index is 3.51. The van der Waals surface area contributed by atoms with Crippen molar-refractivity contribution in [1.29, 1.82) is 0 Å². The Labute approximate surface area is 89.5 Å². The van der Waals surface area contributed by atoms with Gasteiger partial charge in [0, 0.05) is 11.3 Å². The third kappa shape index (κ3) is 3.74. The van der Waals surface area contributed by atoms with E-state index in [1.165, 1.54) is 12.8 Å². The summed E-state index contributed by atoms with van der Waals surface area (Å²) in [6.07, 6.45) is 2.78. The molecule has 1 aliphatic carbocycles. The Morgan fingerprint density at radius 2 is 1.50 bits per heavy atom. The van der Waals surface area contributed by atoms with Gasteiger partial charge in [0.2, 0.25) is 0 Å². The lowest BCUT2D eigenvalue weighted by Gasteiger charge is -2.26. The van der Waals surface area contributed by atoms with Gasteiger partial charge in [-0.1, -0.05) is 32.6 Å². The molecule has 0 N–H and O–H groups in total. The van der Waals surface area contributed by atoms with E-state index in [1.54, 1.807) is 0 Å². The summed E-state index contributed by atoms with van der Waals surface area (Å²) in [5, 5.41) is 0. The molecule has 0 aromatic heterocycles.